The number of nitrogens with one attached hydrogen (secondary N) is 1. The maximum absolute atomic E-state index is 13.4. The number of Topliss-reactive ketones (excluding diaryl/α,β-unsaturated/α-hetero) is 2. The molecule has 0 bridgehead atoms. The number of carbonyl (C=O) groups is 3. The van der Waals surface area contributed by atoms with E-state index in [1.54, 1.807) is 29.4 Å². The first-order valence-electron chi connectivity index (χ1n) is 9.46. The quantitative estimate of drug-likeness (QED) is 0.457. The molecule has 2 aromatic rings. The van der Waals surface area contributed by atoms with Crippen LogP contribution >= 0.6 is 0 Å². The minimum atomic E-state index is -1.05. The summed E-state index contributed by atoms with van der Waals surface area (Å²) in [5.41, 5.74) is 2.95. The lowest BCUT2D eigenvalue weighted by Gasteiger charge is -2.27. The van der Waals surface area contributed by atoms with E-state index in [4.69, 9.17) is 0 Å². The van der Waals surface area contributed by atoms with Crippen molar-refractivity contribution < 1.29 is 19.3 Å². The molecule has 146 valence electrons. The van der Waals surface area contributed by atoms with E-state index in [1.807, 2.05) is 46.1 Å². The Morgan fingerprint density at radius 3 is 2.57 bits per heavy atom. The second-order valence-electron chi connectivity index (χ2n) is 7.71. The summed E-state index contributed by atoms with van der Waals surface area (Å²) in [7, 11) is 3.97. The monoisotopic (exact) mass is 380 g/mol. The van der Waals surface area contributed by atoms with Gasteiger partial charge in [0.1, 0.15) is 5.92 Å². The molecule has 3 rings (SSSR count). The SMILES string of the molecule is Cc1ccc(C)c(C(=O)C2C(=O)C(=O)N(CC[NH+](C)C)C2c2cccnc2)c1. The molecule has 1 saturated heterocycles. The molecule has 0 aliphatic carbocycles. The Balaban J connectivity index is 2.06. The van der Waals surface area contributed by atoms with Crippen LogP contribution in [0, 0.1) is 19.8 Å². The van der Waals surface area contributed by atoms with E-state index >= 15 is 0 Å². The fraction of sp³-hybridized carbons (Fsp3) is 0.364. The molecule has 2 atom stereocenters. The lowest BCUT2D eigenvalue weighted by atomic mass is 9.85. The van der Waals surface area contributed by atoms with E-state index in [-0.39, 0.29) is 5.78 Å². The number of nitrogens with zero attached hydrogens (tertiary/aromatic N) is 2. The second kappa shape index (κ2) is 8.02. The van der Waals surface area contributed by atoms with Crippen molar-refractivity contribution in [1.82, 2.24) is 9.88 Å². The van der Waals surface area contributed by atoms with Crippen molar-refractivity contribution in [2.75, 3.05) is 27.2 Å². The van der Waals surface area contributed by atoms with Gasteiger partial charge in [0.2, 0.25) is 5.78 Å². The molecule has 6 nitrogen and oxygen atoms in total. The van der Waals surface area contributed by atoms with Crippen LogP contribution in [0.5, 0.6) is 0 Å². The lowest BCUT2D eigenvalue weighted by molar-refractivity contribution is -0.857. The normalized spacial score (nSPS) is 19.5. The molecule has 0 spiro atoms. The molecule has 0 radical (unpaired) electrons. The fourth-order valence-corrected chi connectivity index (χ4v) is 3.66. The minimum Gasteiger partial charge on any atom is -0.338 e. The third kappa shape index (κ3) is 3.73. The van der Waals surface area contributed by atoms with Crippen LogP contribution in [-0.4, -0.2) is 54.5 Å². The van der Waals surface area contributed by atoms with Crippen LogP contribution in [-0.2, 0) is 9.59 Å². The van der Waals surface area contributed by atoms with E-state index < -0.39 is 23.7 Å². The third-order valence-electron chi connectivity index (χ3n) is 5.23. The molecule has 2 unspecified atom stereocenters. The van der Waals surface area contributed by atoms with E-state index in [9.17, 15) is 14.4 Å². The fourth-order valence-electron chi connectivity index (χ4n) is 3.66. The Hall–Kier alpha value is -2.86. The molecule has 0 saturated carbocycles. The Kier molecular flexibility index (Phi) is 5.70. The highest BCUT2D eigenvalue weighted by Crippen LogP contribution is 2.38. The maximum atomic E-state index is 13.4. The molecular formula is C22H26N3O3+. The zero-order chi connectivity index (χ0) is 20.4. The average molecular weight is 380 g/mol. The number of benzene rings is 1. The summed E-state index contributed by atoms with van der Waals surface area (Å²) in [5, 5.41) is 0. The van der Waals surface area contributed by atoms with Crippen molar-refractivity contribution >= 4 is 17.5 Å². The Morgan fingerprint density at radius 1 is 1.18 bits per heavy atom. The van der Waals surface area contributed by atoms with Gasteiger partial charge < -0.3 is 9.80 Å². The molecule has 1 amide bonds. The molecule has 1 aliphatic rings. The van der Waals surface area contributed by atoms with Gasteiger partial charge in [-0.1, -0.05) is 23.8 Å². The number of hydrogen-bond donors (Lipinski definition) is 1. The summed E-state index contributed by atoms with van der Waals surface area (Å²) in [6.45, 7) is 4.84. The first-order chi connectivity index (χ1) is 13.3. The van der Waals surface area contributed by atoms with Gasteiger partial charge in [-0.25, -0.2) is 0 Å². The van der Waals surface area contributed by atoms with Gasteiger partial charge in [-0.2, -0.15) is 0 Å². The number of amides is 1. The number of likely N-dealkylation sites (N-methyl/N-ethyl adjacent to an activating group) is 1. The standard InChI is InChI=1S/C22H25N3O3/c1-14-7-8-15(2)17(12-14)20(26)18-19(16-6-5-9-23-13-16)25(11-10-24(3)4)22(28)21(18)27/h5-9,12-13,18-19H,10-11H2,1-4H3/p+1. The number of aryl methyl sites for hydroxylation is 2. The van der Waals surface area contributed by atoms with Crippen molar-refractivity contribution in [2.45, 2.75) is 19.9 Å². The highest BCUT2D eigenvalue weighted by atomic mass is 16.2. The van der Waals surface area contributed by atoms with Gasteiger partial charge in [0.05, 0.1) is 33.2 Å². The van der Waals surface area contributed by atoms with Gasteiger partial charge >= 0.3 is 0 Å². The van der Waals surface area contributed by atoms with Crippen molar-refractivity contribution in [1.29, 1.82) is 0 Å². The van der Waals surface area contributed by atoms with Crippen LogP contribution in [0.25, 0.3) is 0 Å². The zero-order valence-electron chi connectivity index (χ0n) is 16.7. The topological polar surface area (TPSA) is 71.8 Å². The summed E-state index contributed by atoms with van der Waals surface area (Å²) in [4.78, 5) is 46.0. The van der Waals surface area contributed by atoms with Crippen LogP contribution in [0.3, 0.4) is 0 Å². The van der Waals surface area contributed by atoms with Crippen molar-refractivity contribution in [3.63, 3.8) is 0 Å². The number of ketones is 2. The van der Waals surface area contributed by atoms with Crippen LogP contribution in [0.2, 0.25) is 0 Å². The molecule has 1 aromatic heterocycles. The zero-order valence-corrected chi connectivity index (χ0v) is 16.7. The first-order valence-corrected chi connectivity index (χ1v) is 9.46. The highest BCUT2D eigenvalue weighted by molar-refractivity contribution is 6.44. The number of hydrogen-bond acceptors (Lipinski definition) is 4. The van der Waals surface area contributed by atoms with Gasteiger partial charge in [-0.3, -0.25) is 19.4 Å². The van der Waals surface area contributed by atoms with Crippen LogP contribution < -0.4 is 4.90 Å². The predicted octanol–water partition coefficient (Wildman–Crippen LogP) is 0.794. The summed E-state index contributed by atoms with van der Waals surface area (Å²) in [6.07, 6.45) is 3.27. The number of rotatable bonds is 6. The smallest absolute Gasteiger partial charge is 0.291 e. The minimum absolute atomic E-state index is 0.298. The number of likely N-dealkylation sites (tertiary alicyclic amines) is 1. The van der Waals surface area contributed by atoms with Crippen LogP contribution in [0.1, 0.15) is 33.1 Å². The second-order valence-corrected chi connectivity index (χ2v) is 7.71. The Bertz CT molecular complexity index is 908. The molecule has 1 aromatic carbocycles. The van der Waals surface area contributed by atoms with E-state index in [0.717, 1.165) is 16.0 Å². The van der Waals surface area contributed by atoms with Crippen LogP contribution in [0.15, 0.2) is 42.7 Å². The van der Waals surface area contributed by atoms with Crippen molar-refractivity contribution in [3.8, 4) is 0 Å². The van der Waals surface area contributed by atoms with Crippen molar-refractivity contribution in [3.05, 3.63) is 65.0 Å². The largest absolute Gasteiger partial charge is 0.338 e. The van der Waals surface area contributed by atoms with Gasteiger partial charge in [0, 0.05) is 18.0 Å². The molecule has 1 N–H and O–H groups in total. The number of carbonyl (C=O) groups excluding carboxylic acids is 3. The average Bonchev–Trinajstić information content (AvgIpc) is 2.93. The summed E-state index contributed by atoms with van der Waals surface area (Å²) >= 11 is 0. The summed E-state index contributed by atoms with van der Waals surface area (Å²) in [6, 6.07) is 8.55. The first kappa shape index (κ1) is 19.9. The molecule has 28 heavy (non-hydrogen) atoms. The molecular weight excluding hydrogens is 354 g/mol. The van der Waals surface area contributed by atoms with Gasteiger partial charge in [0.15, 0.2) is 5.78 Å². The summed E-state index contributed by atoms with van der Waals surface area (Å²) < 4.78 is 0. The molecule has 6 heteroatoms. The van der Waals surface area contributed by atoms with Gasteiger partial charge in [0.25, 0.3) is 5.91 Å². The van der Waals surface area contributed by atoms with Gasteiger partial charge in [-0.05, 0) is 37.1 Å². The Morgan fingerprint density at radius 2 is 1.93 bits per heavy atom. The number of aromatic nitrogens is 1. The predicted molar refractivity (Wildman–Crippen MR) is 105 cm³/mol. The molecule has 1 aliphatic heterocycles. The van der Waals surface area contributed by atoms with E-state index in [2.05, 4.69) is 4.98 Å². The number of quaternary nitrogens is 1. The molecule has 2 heterocycles. The summed E-state index contributed by atoms with van der Waals surface area (Å²) in [5.74, 6) is -2.56. The maximum Gasteiger partial charge on any atom is 0.291 e. The van der Waals surface area contributed by atoms with E-state index in [0.29, 0.717) is 24.2 Å². The van der Waals surface area contributed by atoms with Gasteiger partial charge in [-0.15, -0.1) is 0 Å². The van der Waals surface area contributed by atoms with Crippen LogP contribution in [0.4, 0.5) is 0 Å². The third-order valence-corrected chi connectivity index (χ3v) is 5.23. The van der Waals surface area contributed by atoms with E-state index in [1.165, 1.54) is 0 Å². The lowest BCUT2D eigenvalue weighted by Crippen LogP contribution is -3.06. The highest BCUT2D eigenvalue weighted by Gasteiger charge is 2.51. The Labute approximate surface area is 165 Å². The van der Waals surface area contributed by atoms with Crippen molar-refractivity contribution in [2.24, 2.45) is 5.92 Å². The molecule has 1 fully saturated rings. The number of pyridine rings is 1.